The highest BCUT2D eigenvalue weighted by Gasteiger charge is 2.19. The van der Waals surface area contributed by atoms with Crippen molar-refractivity contribution in [2.45, 2.75) is 38.6 Å². The van der Waals surface area contributed by atoms with Gasteiger partial charge in [0.1, 0.15) is 5.75 Å². The van der Waals surface area contributed by atoms with Crippen LogP contribution in [0.5, 0.6) is 5.75 Å². The summed E-state index contributed by atoms with van der Waals surface area (Å²) in [6.07, 6.45) is 4.85. The fraction of sp³-hybridized carbons (Fsp3) is 0.538. The SMILES string of the molecule is CC1CCC(Nc2ccc(O)c(N)c2N)CC1. The largest absolute Gasteiger partial charge is 0.506 e. The van der Waals surface area contributed by atoms with Crippen LogP contribution in [0.15, 0.2) is 12.1 Å². The molecule has 0 spiro atoms. The molecule has 1 aromatic carbocycles. The molecule has 0 saturated heterocycles. The summed E-state index contributed by atoms with van der Waals surface area (Å²) in [6.45, 7) is 2.29. The number of nitrogens with one attached hydrogen (secondary N) is 1. The van der Waals surface area contributed by atoms with Gasteiger partial charge in [-0.3, -0.25) is 0 Å². The second-order valence-corrected chi connectivity index (χ2v) is 5.06. The number of aromatic hydroxyl groups is 1. The van der Waals surface area contributed by atoms with Crippen LogP contribution in [0.1, 0.15) is 32.6 Å². The molecule has 4 heteroatoms. The molecule has 1 aliphatic carbocycles. The number of anilines is 3. The molecule has 0 aromatic heterocycles. The molecule has 0 amide bonds. The van der Waals surface area contributed by atoms with Crippen molar-refractivity contribution in [2.75, 3.05) is 16.8 Å². The van der Waals surface area contributed by atoms with Crippen molar-refractivity contribution in [2.24, 2.45) is 5.92 Å². The Bertz CT molecular complexity index is 398. The first-order chi connectivity index (χ1) is 8.08. The molecule has 0 radical (unpaired) electrons. The number of phenolic OH excluding ortho intramolecular Hbond substituents is 1. The minimum atomic E-state index is 0.0466. The van der Waals surface area contributed by atoms with Gasteiger partial charge >= 0.3 is 0 Å². The van der Waals surface area contributed by atoms with Crippen molar-refractivity contribution >= 4 is 17.1 Å². The molecule has 0 aliphatic heterocycles. The molecular formula is C13H21N3O. The molecule has 0 atom stereocenters. The lowest BCUT2D eigenvalue weighted by Gasteiger charge is -2.28. The molecule has 1 aromatic rings. The fourth-order valence-electron chi connectivity index (χ4n) is 2.38. The Balaban J connectivity index is 2.06. The monoisotopic (exact) mass is 235 g/mol. The van der Waals surface area contributed by atoms with Gasteiger partial charge in [0.2, 0.25) is 0 Å². The Morgan fingerprint density at radius 2 is 1.76 bits per heavy atom. The lowest BCUT2D eigenvalue weighted by atomic mass is 9.87. The molecule has 1 fully saturated rings. The summed E-state index contributed by atoms with van der Waals surface area (Å²) in [7, 11) is 0. The molecule has 2 rings (SSSR count). The highest BCUT2D eigenvalue weighted by Crippen LogP contribution is 2.34. The zero-order valence-electron chi connectivity index (χ0n) is 10.2. The summed E-state index contributed by atoms with van der Waals surface area (Å²) in [4.78, 5) is 0. The normalized spacial score (nSPS) is 24.5. The molecule has 17 heavy (non-hydrogen) atoms. The number of rotatable bonds is 2. The second-order valence-electron chi connectivity index (χ2n) is 5.06. The smallest absolute Gasteiger partial charge is 0.140 e. The van der Waals surface area contributed by atoms with Crippen molar-refractivity contribution in [3.63, 3.8) is 0 Å². The summed E-state index contributed by atoms with van der Waals surface area (Å²) >= 11 is 0. The maximum atomic E-state index is 9.43. The Hall–Kier alpha value is -1.58. The number of hydrogen-bond donors (Lipinski definition) is 4. The van der Waals surface area contributed by atoms with Gasteiger partial charge in [0.15, 0.2) is 0 Å². The summed E-state index contributed by atoms with van der Waals surface area (Å²) in [5.74, 6) is 0.876. The standard InChI is InChI=1S/C13H21N3O/c1-8-2-4-9(5-3-8)16-10-6-7-11(17)13(15)12(10)14/h6-9,16-17H,2-5,14-15H2,1H3. The van der Waals surface area contributed by atoms with Crippen molar-refractivity contribution in [1.82, 2.24) is 0 Å². The fourth-order valence-corrected chi connectivity index (χ4v) is 2.38. The van der Waals surface area contributed by atoms with E-state index in [1.165, 1.54) is 25.7 Å². The van der Waals surface area contributed by atoms with E-state index >= 15 is 0 Å². The topological polar surface area (TPSA) is 84.3 Å². The Kier molecular flexibility index (Phi) is 3.31. The first-order valence-electron chi connectivity index (χ1n) is 6.21. The summed E-state index contributed by atoms with van der Waals surface area (Å²) in [6, 6.07) is 3.84. The average Bonchev–Trinajstić information content (AvgIpc) is 2.33. The summed E-state index contributed by atoms with van der Waals surface area (Å²) < 4.78 is 0. The van der Waals surface area contributed by atoms with Gasteiger partial charge in [0.05, 0.1) is 17.1 Å². The van der Waals surface area contributed by atoms with E-state index in [4.69, 9.17) is 11.5 Å². The predicted molar refractivity (Wildman–Crippen MR) is 72.0 cm³/mol. The minimum Gasteiger partial charge on any atom is -0.506 e. The van der Waals surface area contributed by atoms with E-state index in [9.17, 15) is 5.11 Å². The number of nitrogens with two attached hydrogens (primary N) is 2. The molecule has 4 nitrogen and oxygen atoms in total. The Morgan fingerprint density at radius 1 is 1.12 bits per heavy atom. The van der Waals surface area contributed by atoms with E-state index in [-0.39, 0.29) is 11.4 Å². The van der Waals surface area contributed by atoms with Crippen LogP contribution in [-0.4, -0.2) is 11.1 Å². The molecule has 0 unspecified atom stereocenters. The van der Waals surface area contributed by atoms with Gasteiger partial charge in [0.25, 0.3) is 0 Å². The van der Waals surface area contributed by atoms with E-state index in [0.717, 1.165) is 11.6 Å². The third kappa shape index (κ3) is 2.57. The van der Waals surface area contributed by atoms with Gasteiger partial charge in [-0.05, 0) is 43.7 Å². The number of benzene rings is 1. The number of phenols is 1. The average molecular weight is 235 g/mol. The van der Waals surface area contributed by atoms with E-state index in [1.807, 2.05) is 0 Å². The van der Waals surface area contributed by atoms with Gasteiger partial charge in [-0.1, -0.05) is 6.92 Å². The van der Waals surface area contributed by atoms with Crippen LogP contribution in [0.4, 0.5) is 17.1 Å². The van der Waals surface area contributed by atoms with Crippen LogP contribution >= 0.6 is 0 Å². The Morgan fingerprint density at radius 3 is 2.41 bits per heavy atom. The van der Waals surface area contributed by atoms with E-state index in [2.05, 4.69) is 12.2 Å². The quantitative estimate of drug-likeness (QED) is 0.360. The van der Waals surface area contributed by atoms with Crippen molar-refractivity contribution in [3.8, 4) is 5.75 Å². The van der Waals surface area contributed by atoms with Crippen molar-refractivity contribution in [3.05, 3.63) is 12.1 Å². The van der Waals surface area contributed by atoms with Crippen LogP contribution in [0.25, 0.3) is 0 Å². The predicted octanol–water partition coefficient (Wildman–Crippen LogP) is 2.55. The highest BCUT2D eigenvalue weighted by atomic mass is 16.3. The van der Waals surface area contributed by atoms with Crippen LogP contribution in [-0.2, 0) is 0 Å². The molecular weight excluding hydrogens is 214 g/mol. The summed E-state index contributed by atoms with van der Waals surface area (Å²) in [5, 5.41) is 12.9. The third-order valence-electron chi connectivity index (χ3n) is 3.64. The van der Waals surface area contributed by atoms with E-state index in [0.29, 0.717) is 11.7 Å². The van der Waals surface area contributed by atoms with Crippen LogP contribution in [0.3, 0.4) is 0 Å². The number of nitrogen functional groups attached to an aromatic ring is 2. The summed E-state index contributed by atoms with van der Waals surface area (Å²) in [5.41, 5.74) is 13.1. The van der Waals surface area contributed by atoms with Gasteiger partial charge in [0, 0.05) is 6.04 Å². The maximum absolute atomic E-state index is 9.43. The molecule has 0 heterocycles. The van der Waals surface area contributed by atoms with Gasteiger partial charge in [-0.2, -0.15) is 0 Å². The van der Waals surface area contributed by atoms with Crippen molar-refractivity contribution < 1.29 is 5.11 Å². The first-order valence-corrected chi connectivity index (χ1v) is 6.21. The lowest BCUT2D eigenvalue weighted by Crippen LogP contribution is -2.25. The molecule has 0 bridgehead atoms. The molecule has 1 aliphatic rings. The molecule has 1 saturated carbocycles. The second kappa shape index (κ2) is 4.73. The maximum Gasteiger partial charge on any atom is 0.140 e. The lowest BCUT2D eigenvalue weighted by molar-refractivity contribution is 0.361. The molecule has 94 valence electrons. The highest BCUT2D eigenvalue weighted by molar-refractivity contribution is 5.83. The van der Waals surface area contributed by atoms with E-state index < -0.39 is 0 Å². The minimum absolute atomic E-state index is 0.0466. The van der Waals surface area contributed by atoms with Crippen LogP contribution < -0.4 is 16.8 Å². The van der Waals surface area contributed by atoms with Gasteiger partial charge in [-0.15, -0.1) is 0 Å². The molecule has 6 N–H and O–H groups in total. The van der Waals surface area contributed by atoms with Crippen LogP contribution in [0.2, 0.25) is 0 Å². The zero-order valence-corrected chi connectivity index (χ0v) is 10.2. The third-order valence-corrected chi connectivity index (χ3v) is 3.64. The van der Waals surface area contributed by atoms with Crippen molar-refractivity contribution in [1.29, 1.82) is 0 Å². The van der Waals surface area contributed by atoms with Gasteiger partial charge < -0.3 is 21.9 Å². The zero-order chi connectivity index (χ0) is 12.4. The Labute approximate surface area is 102 Å². The van der Waals surface area contributed by atoms with Gasteiger partial charge in [-0.25, -0.2) is 0 Å². The van der Waals surface area contributed by atoms with Crippen LogP contribution in [0, 0.1) is 5.92 Å². The number of hydrogen-bond acceptors (Lipinski definition) is 4. The first kappa shape index (κ1) is 11.9. The van der Waals surface area contributed by atoms with E-state index in [1.54, 1.807) is 12.1 Å².